The van der Waals surface area contributed by atoms with E-state index in [-0.39, 0.29) is 6.04 Å². The lowest BCUT2D eigenvalue weighted by Gasteiger charge is -2.05. The summed E-state index contributed by atoms with van der Waals surface area (Å²) < 4.78 is 0. The average Bonchev–Trinajstić information content (AvgIpc) is 1.63. The molecule has 0 bridgehead atoms. The Morgan fingerprint density at radius 3 is 2.22 bits per heavy atom. The van der Waals surface area contributed by atoms with Crippen LogP contribution in [0.4, 0.5) is 0 Å². The molecule has 0 atom stereocenters. The predicted octanol–water partition coefficient (Wildman–Crippen LogP) is 0.0463. The van der Waals surface area contributed by atoms with E-state index in [0.717, 1.165) is 0 Å². The topological polar surface area (TPSA) is 73.2 Å². The third kappa shape index (κ3) is 3.52. The Balaban J connectivity index is 3.65. The van der Waals surface area contributed by atoms with E-state index in [2.05, 4.69) is 5.32 Å². The van der Waals surface area contributed by atoms with Gasteiger partial charge in [-0.25, -0.2) is 4.79 Å². The normalized spacial score (nSPS) is 9.22. The molecule has 3 N–H and O–H groups in total. The van der Waals surface area contributed by atoms with Gasteiger partial charge in [-0.05, 0) is 13.8 Å². The van der Waals surface area contributed by atoms with E-state index < -0.39 is 11.8 Å². The molecule has 0 spiro atoms. The van der Waals surface area contributed by atoms with Crippen LogP contribution in [0.3, 0.4) is 0 Å². The maximum Gasteiger partial charge on any atom is 0.370 e. The molecule has 0 aliphatic heterocycles. The van der Waals surface area contributed by atoms with Crippen LogP contribution >= 0.6 is 0 Å². The average molecular weight is 130 g/mol. The van der Waals surface area contributed by atoms with Gasteiger partial charge in [-0.3, -0.25) is 5.41 Å². The molecule has 4 nitrogen and oxygen atoms in total. The van der Waals surface area contributed by atoms with Crippen molar-refractivity contribution in [2.75, 3.05) is 0 Å². The van der Waals surface area contributed by atoms with Crippen molar-refractivity contribution in [2.24, 2.45) is 0 Å². The van der Waals surface area contributed by atoms with Crippen molar-refractivity contribution < 1.29 is 9.90 Å². The summed E-state index contributed by atoms with van der Waals surface area (Å²) in [5.74, 6) is -1.67. The smallest absolute Gasteiger partial charge is 0.370 e. The largest absolute Gasteiger partial charge is 0.475 e. The van der Waals surface area contributed by atoms with Gasteiger partial charge in [-0.1, -0.05) is 0 Å². The van der Waals surface area contributed by atoms with Gasteiger partial charge in [0.1, 0.15) is 0 Å². The van der Waals surface area contributed by atoms with Gasteiger partial charge in [0.15, 0.2) is 0 Å². The number of nitrogens with one attached hydrogen (secondary N) is 2. The highest BCUT2D eigenvalue weighted by molar-refractivity contribution is 6.33. The lowest BCUT2D eigenvalue weighted by atomic mass is 10.4. The fraction of sp³-hybridized carbons (Fsp3) is 0.600. The highest BCUT2D eigenvalue weighted by atomic mass is 16.4. The lowest BCUT2D eigenvalue weighted by Crippen LogP contribution is -2.35. The van der Waals surface area contributed by atoms with Gasteiger partial charge >= 0.3 is 5.97 Å². The highest BCUT2D eigenvalue weighted by Gasteiger charge is 2.05. The number of carboxylic acid groups (broad SMARTS) is 1. The van der Waals surface area contributed by atoms with Crippen molar-refractivity contribution >= 4 is 11.8 Å². The monoisotopic (exact) mass is 130 g/mol. The molecule has 52 valence electrons. The van der Waals surface area contributed by atoms with Gasteiger partial charge in [0, 0.05) is 6.04 Å². The number of carboxylic acids is 1. The number of amidine groups is 1. The van der Waals surface area contributed by atoms with Crippen molar-refractivity contribution in [3.8, 4) is 0 Å². The van der Waals surface area contributed by atoms with E-state index >= 15 is 0 Å². The maximum absolute atomic E-state index is 9.95. The molecule has 0 aromatic heterocycles. The van der Waals surface area contributed by atoms with Gasteiger partial charge in [-0.15, -0.1) is 0 Å². The Kier molecular flexibility index (Phi) is 2.70. The predicted molar refractivity (Wildman–Crippen MR) is 33.6 cm³/mol. The van der Waals surface area contributed by atoms with Crippen LogP contribution in [0.15, 0.2) is 0 Å². The molecule has 0 saturated carbocycles. The zero-order valence-electron chi connectivity index (χ0n) is 5.43. The Bertz CT molecular complexity index is 131. The summed E-state index contributed by atoms with van der Waals surface area (Å²) in [7, 11) is 0. The van der Waals surface area contributed by atoms with Gasteiger partial charge in [0.05, 0.1) is 0 Å². The standard InChI is InChI=1S/C5H10N2O2/c1-3(2)7-4(6)5(8)9/h3H,1-2H3,(H2,6,7)(H,8,9). The number of hydrogen-bond donors (Lipinski definition) is 3. The summed E-state index contributed by atoms with van der Waals surface area (Å²) >= 11 is 0. The third-order valence-electron chi connectivity index (χ3n) is 0.647. The van der Waals surface area contributed by atoms with Crippen molar-refractivity contribution in [1.82, 2.24) is 5.32 Å². The second-order valence-electron chi connectivity index (χ2n) is 1.98. The van der Waals surface area contributed by atoms with E-state index in [1.54, 1.807) is 13.8 Å². The molecule has 0 unspecified atom stereocenters. The molecule has 0 aliphatic rings. The van der Waals surface area contributed by atoms with E-state index in [1.807, 2.05) is 0 Å². The minimum Gasteiger partial charge on any atom is -0.475 e. The molecule has 0 amide bonds. The number of carbonyl (C=O) groups is 1. The highest BCUT2D eigenvalue weighted by Crippen LogP contribution is 1.76. The first-order chi connectivity index (χ1) is 4.04. The van der Waals surface area contributed by atoms with E-state index in [0.29, 0.717) is 0 Å². The number of aliphatic carboxylic acids is 1. The summed E-state index contributed by atoms with van der Waals surface area (Å²) in [4.78, 5) is 9.95. The van der Waals surface area contributed by atoms with E-state index in [4.69, 9.17) is 10.5 Å². The third-order valence-corrected chi connectivity index (χ3v) is 0.647. The number of hydrogen-bond acceptors (Lipinski definition) is 2. The van der Waals surface area contributed by atoms with Crippen LogP contribution in [0.25, 0.3) is 0 Å². The minimum atomic E-state index is -1.22. The summed E-state index contributed by atoms with van der Waals surface area (Å²) in [6.07, 6.45) is 0. The Hall–Kier alpha value is -1.06. The maximum atomic E-state index is 9.95. The first-order valence-electron chi connectivity index (χ1n) is 2.62. The quantitative estimate of drug-likeness (QED) is 0.347. The van der Waals surface area contributed by atoms with Gasteiger partial charge in [-0.2, -0.15) is 0 Å². The van der Waals surface area contributed by atoms with E-state index in [1.165, 1.54) is 0 Å². The summed E-state index contributed by atoms with van der Waals surface area (Å²) in [5.41, 5.74) is 0. The van der Waals surface area contributed by atoms with Crippen molar-refractivity contribution in [3.63, 3.8) is 0 Å². The van der Waals surface area contributed by atoms with Gasteiger partial charge < -0.3 is 10.4 Å². The molecule has 0 saturated heterocycles. The van der Waals surface area contributed by atoms with Gasteiger partial charge in [0.25, 0.3) is 0 Å². The first kappa shape index (κ1) is 7.94. The zero-order valence-corrected chi connectivity index (χ0v) is 5.43. The SMILES string of the molecule is CC(C)NC(=N)C(=O)O. The first-order valence-corrected chi connectivity index (χ1v) is 2.62. The van der Waals surface area contributed by atoms with Crippen molar-refractivity contribution in [1.29, 1.82) is 5.41 Å². The second kappa shape index (κ2) is 3.06. The molecule has 0 heterocycles. The van der Waals surface area contributed by atoms with Crippen LogP contribution in [0, 0.1) is 5.41 Å². The molecule has 0 fully saturated rings. The fourth-order valence-corrected chi connectivity index (χ4v) is 0.350. The van der Waals surface area contributed by atoms with Crippen LogP contribution in [-0.4, -0.2) is 23.0 Å². The molecule has 0 radical (unpaired) electrons. The van der Waals surface area contributed by atoms with Crippen LogP contribution < -0.4 is 5.32 Å². The Labute approximate surface area is 53.4 Å². The molecule has 4 heteroatoms. The van der Waals surface area contributed by atoms with Crippen molar-refractivity contribution in [3.05, 3.63) is 0 Å². The van der Waals surface area contributed by atoms with Gasteiger partial charge in [0.2, 0.25) is 5.84 Å². The molecular formula is C5H10N2O2. The molecule has 0 rings (SSSR count). The summed E-state index contributed by atoms with van der Waals surface area (Å²) in [5, 5.41) is 17.3. The number of rotatable bonds is 1. The van der Waals surface area contributed by atoms with Crippen molar-refractivity contribution in [2.45, 2.75) is 19.9 Å². The second-order valence-corrected chi connectivity index (χ2v) is 1.98. The fourth-order valence-electron chi connectivity index (χ4n) is 0.350. The van der Waals surface area contributed by atoms with Crippen LogP contribution in [0.5, 0.6) is 0 Å². The van der Waals surface area contributed by atoms with Crippen LogP contribution in [0.2, 0.25) is 0 Å². The molecule has 9 heavy (non-hydrogen) atoms. The molecule has 0 aromatic rings. The van der Waals surface area contributed by atoms with Crippen LogP contribution in [-0.2, 0) is 4.79 Å². The Morgan fingerprint density at radius 1 is 1.67 bits per heavy atom. The minimum absolute atomic E-state index is 0.00796. The molecular weight excluding hydrogens is 120 g/mol. The lowest BCUT2D eigenvalue weighted by molar-refractivity contribution is -0.129. The Morgan fingerprint density at radius 2 is 2.11 bits per heavy atom. The molecule has 0 aliphatic carbocycles. The summed E-state index contributed by atoms with van der Waals surface area (Å²) in [6, 6.07) is 0.00796. The van der Waals surface area contributed by atoms with E-state index in [9.17, 15) is 4.79 Å². The summed E-state index contributed by atoms with van der Waals surface area (Å²) in [6.45, 7) is 3.55. The zero-order chi connectivity index (χ0) is 7.44. The molecule has 0 aromatic carbocycles. The van der Waals surface area contributed by atoms with Crippen LogP contribution in [0.1, 0.15) is 13.8 Å².